The largest absolute Gasteiger partial charge is 0.465 e. The van der Waals surface area contributed by atoms with Crippen molar-refractivity contribution in [2.24, 2.45) is 0 Å². The van der Waals surface area contributed by atoms with E-state index in [1.807, 2.05) is 31.2 Å². The number of aryl methyl sites for hydroxylation is 1. The first-order valence-corrected chi connectivity index (χ1v) is 7.99. The summed E-state index contributed by atoms with van der Waals surface area (Å²) in [5, 5.41) is 0. The number of aromatic nitrogens is 3. The molecule has 3 aromatic rings. The highest BCUT2D eigenvalue weighted by molar-refractivity contribution is 5.54. The number of hydrogen-bond acceptors (Lipinski definition) is 5. The molecular weight excluding hydrogens is 304 g/mol. The van der Waals surface area contributed by atoms with Crippen molar-refractivity contribution < 1.29 is 4.42 Å². The minimum atomic E-state index is -0.0628. The second kappa shape index (κ2) is 6.05. The van der Waals surface area contributed by atoms with Crippen LogP contribution in [-0.4, -0.2) is 26.4 Å². The van der Waals surface area contributed by atoms with Crippen molar-refractivity contribution in [3.8, 4) is 11.4 Å². The van der Waals surface area contributed by atoms with Crippen LogP contribution in [0, 0.1) is 6.92 Å². The van der Waals surface area contributed by atoms with Gasteiger partial charge in [-0.3, -0.25) is 14.7 Å². The molecule has 0 atom stereocenters. The smallest absolute Gasteiger partial charge is 0.255 e. The van der Waals surface area contributed by atoms with Gasteiger partial charge in [0.2, 0.25) is 0 Å². The highest BCUT2D eigenvalue weighted by atomic mass is 16.3. The molecule has 0 fully saturated rings. The SMILES string of the molecule is Cc1ccc(CN2CCc3nc(-c4ccncc4)[nH]c(=O)c3C2)o1. The van der Waals surface area contributed by atoms with E-state index >= 15 is 0 Å². The molecule has 0 aromatic carbocycles. The lowest BCUT2D eigenvalue weighted by Gasteiger charge is -2.26. The van der Waals surface area contributed by atoms with Crippen LogP contribution in [0.3, 0.4) is 0 Å². The Balaban J connectivity index is 1.59. The molecule has 3 aromatic heterocycles. The van der Waals surface area contributed by atoms with Crippen molar-refractivity contribution in [3.63, 3.8) is 0 Å². The van der Waals surface area contributed by atoms with Gasteiger partial charge in [-0.25, -0.2) is 4.98 Å². The van der Waals surface area contributed by atoms with Crippen molar-refractivity contribution in [1.29, 1.82) is 0 Å². The monoisotopic (exact) mass is 322 g/mol. The average molecular weight is 322 g/mol. The fourth-order valence-electron chi connectivity index (χ4n) is 3.05. The fraction of sp³-hybridized carbons (Fsp3) is 0.278. The lowest BCUT2D eigenvalue weighted by molar-refractivity contribution is 0.221. The topological polar surface area (TPSA) is 75.0 Å². The van der Waals surface area contributed by atoms with E-state index in [0.29, 0.717) is 18.9 Å². The molecule has 6 heteroatoms. The average Bonchev–Trinajstić information content (AvgIpc) is 3.01. The molecule has 4 heterocycles. The standard InChI is InChI=1S/C18H18N4O2/c1-12-2-3-14(24-12)10-22-9-6-16-15(11-22)18(23)21-17(20-16)13-4-7-19-8-5-13/h2-5,7-8H,6,9-11H2,1H3,(H,20,21,23). The number of aromatic amines is 1. The summed E-state index contributed by atoms with van der Waals surface area (Å²) in [5.41, 5.74) is 2.45. The zero-order chi connectivity index (χ0) is 16.5. The molecule has 0 amide bonds. The number of hydrogen-bond donors (Lipinski definition) is 1. The summed E-state index contributed by atoms with van der Waals surface area (Å²) in [7, 11) is 0. The maximum Gasteiger partial charge on any atom is 0.255 e. The van der Waals surface area contributed by atoms with Crippen LogP contribution in [-0.2, 0) is 19.5 Å². The predicted molar refractivity (Wildman–Crippen MR) is 89.4 cm³/mol. The zero-order valence-corrected chi connectivity index (χ0v) is 13.5. The van der Waals surface area contributed by atoms with E-state index in [-0.39, 0.29) is 5.56 Å². The molecule has 1 aliphatic heterocycles. The third-order valence-electron chi connectivity index (χ3n) is 4.28. The zero-order valence-electron chi connectivity index (χ0n) is 13.5. The van der Waals surface area contributed by atoms with Gasteiger partial charge in [-0.05, 0) is 31.2 Å². The van der Waals surface area contributed by atoms with Crippen LogP contribution in [0.1, 0.15) is 22.8 Å². The quantitative estimate of drug-likeness (QED) is 0.801. The van der Waals surface area contributed by atoms with Crippen molar-refractivity contribution in [2.75, 3.05) is 6.54 Å². The van der Waals surface area contributed by atoms with Gasteiger partial charge in [0.25, 0.3) is 5.56 Å². The number of fused-ring (bicyclic) bond motifs is 1. The third kappa shape index (κ3) is 2.88. The summed E-state index contributed by atoms with van der Waals surface area (Å²) in [5.74, 6) is 2.44. The van der Waals surface area contributed by atoms with Crippen LogP contribution >= 0.6 is 0 Å². The second-order valence-corrected chi connectivity index (χ2v) is 6.05. The Labute approximate surface area is 139 Å². The molecule has 1 N–H and O–H groups in total. The summed E-state index contributed by atoms with van der Waals surface area (Å²) >= 11 is 0. The van der Waals surface area contributed by atoms with Crippen molar-refractivity contribution in [1.82, 2.24) is 19.9 Å². The molecule has 24 heavy (non-hydrogen) atoms. The first-order chi connectivity index (χ1) is 11.7. The van der Waals surface area contributed by atoms with Gasteiger partial charge in [-0.1, -0.05) is 0 Å². The van der Waals surface area contributed by atoms with Gasteiger partial charge in [0.15, 0.2) is 0 Å². The first-order valence-electron chi connectivity index (χ1n) is 7.99. The van der Waals surface area contributed by atoms with Crippen LogP contribution in [0.25, 0.3) is 11.4 Å². The molecule has 0 unspecified atom stereocenters. The summed E-state index contributed by atoms with van der Waals surface area (Å²) in [6.07, 6.45) is 4.15. The number of rotatable bonds is 3. The molecule has 0 saturated heterocycles. The van der Waals surface area contributed by atoms with Crippen LogP contribution in [0.4, 0.5) is 0 Å². The van der Waals surface area contributed by atoms with E-state index in [4.69, 9.17) is 4.42 Å². The summed E-state index contributed by atoms with van der Waals surface area (Å²) in [6, 6.07) is 7.64. The van der Waals surface area contributed by atoms with Crippen LogP contribution in [0.15, 0.2) is 45.9 Å². The van der Waals surface area contributed by atoms with Gasteiger partial charge >= 0.3 is 0 Å². The van der Waals surface area contributed by atoms with Crippen LogP contribution in [0.2, 0.25) is 0 Å². The molecule has 0 aliphatic carbocycles. The molecule has 4 rings (SSSR count). The summed E-state index contributed by atoms with van der Waals surface area (Å²) in [6.45, 7) is 4.09. The third-order valence-corrected chi connectivity index (χ3v) is 4.28. The Morgan fingerprint density at radius 1 is 1.25 bits per heavy atom. The minimum absolute atomic E-state index is 0.0628. The van der Waals surface area contributed by atoms with E-state index in [1.165, 1.54) is 0 Å². The number of nitrogens with one attached hydrogen (secondary N) is 1. The molecule has 0 saturated carbocycles. The Hall–Kier alpha value is -2.73. The number of furan rings is 1. The van der Waals surface area contributed by atoms with E-state index < -0.39 is 0 Å². The lowest BCUT2D eigenvalue weighted by atomic mass is 10.1. The molecule has 6 nitrogen and oxygen atoms in total. The van der Waals surface area contributed by atoms with Crippen LogP contribution in [0.5, 0.6) is 0 Å². The van der Waals surface area contributed by atoms with E-state index in [1.54, 1.807) is 12.4 Å². The van der Waals surface area contributed by atoms with Gasteiger partial charge in [-0.2, -0.15) is 0 Å². The Bertz CT molecular complexity index is 914. The molecule has 1 aliphatic rings. The first kappa shape index (κ1) is 14.8. The van der Waals surface area contributed by atoms with E-state index in [0.717, 1.165) is 41.3 Å². The molecule has 122 valence electrons. The van der Waals surface area contributed by atoms with Gasteiger partial charge in [-0.15, -0.1) is 0 Å². The van der Waals surface area contributed by atoms with Gasteiger partial charge in [0.1, 0.15) is 17.3 Å². The number of H-pyrrole nitrogens is 1. The Morgan fingerprint density at radius 3 is 2.83 bits per heavy atom. The second-order valence-electron chi connectivity index (χ2n) is 6.05. The summed E-state index contributed by atoms with van der Waals surface area (Å²) in [4.78, 5) is 26.3. The molecular formula is C18H18N4O2. The van der Waals surface area contributed by atoms with Gasteiger partial charge < -0.3 is 9.40 Å². The normalized spacial score (nSPS) is 14.5. The van der Waals surface area contributed by atoms with E-state index in [2.05, 4.69) is 19.9 Å². The molecule has 0 bridgehead atoms. The van der Waals surface area contributed by atoms with Gasteiger partial charge in [0, 0.05) is 37.5 Å². The maximum atomic E-state index is 12.5. The highest BCUT2D eigenvalue weighted by Gasteiger charge is 2.22. The number of pyridine rings is 1. The van der Waals surface area contributed by atoms with Crippen molar-refractivity contribution >= 4 is 0 Å². The lowest BCUT2D eigenvalue weighted by Crippen LogP contribution is -2.35. The maximum absolute atomic E-state index is 12.5. The van der Waals surface area contributed by atoms with Crippen molar-refractivity contribution in [2.45, 2.75) is 26.4 Å². The van der Waals surface area contributed by atoms with Crippen LogP contribution < -0.4 is 5.56 Å². The Morgan fingerprint density at radius 2 is 2.08 bits per heavy atom. The highest BCUT2D eigenvalue weighted by Crippen LogP contribution is 2.20. The number of nitrogens with zero attached hydrogens (tertiary/aromatic N) is 3. The van der Waals surface area contributed by atoms with Crippen molar-refractivity contribution in [3.05, 3.63) is 69.8 Å². The Kier molecular flexibility index (Phi) is 3.74. The molecule has 0 radical (unpaired) electrons. The van der Waals surface area contributed by atoms with Gasteiger partial charge in [0.05, 0.1) is 17.8 Å². The fourth-order valence-corrected chi connectivity index (χ4v) is 3.05. The van der Waals surface area contributed by atoms with E-state index in [9.17, 15) is 4.79 Å². The minimum Gasteiger partial charge on any atom is -0.465 e. The summed E-state index contributed by atoms with van der Waals surface area (Å²) < 4.78 is 5.63. The predicted octanol–water partition coefficient (Wildman–Crippen LogP) is 2.29. The molecule has 0 spiro atoms.